The largest absolute Gasteiger partial charge is 0.359 e. The Balaban J connectivity index is 1.94. The first-order chi connectivity index (χ1) is 9.69. The molecule has 0 radical (unpaired) electrons. The average molecular weight is 278 g/mol. The van der Waals surface area contributed by atoms with Gasteiger partial charge in [0.05, 0.1) is 5.41 Å². The molecule has 0 aromatic heterocycles. The summed E-state index contributed by atoms with van der Waals surface area (Å²) in [5, 5.41) is 5.46. The highest BCUT2D eigenvalue weighted by atomic mass is 19.1. The van der Waals surface area contributed by atoms with Crippen LogP contribution in [0.15, 0.2) is 24.3 Å². The van der Waals surface area contributed by atoms with Crippen molar-refractivity contribution in [1.29, 1.82) is 0 Å². The number of benzene rings is 1. The molecule has 108 valence electrons. The van der Waals surface area contributed by atoms with Gasteiger partial charge in [0.25, 0.3) is 0 Å². The SMILES string of the molecule is O=CNCCCNC(=O)C1(c2ccc(F)cc2)CCC1. The number of carbonyl (C=O) groups is 2. The predicted octanol–water partition coefficient (Wildman–Crippen LogP) is 1.50. The molecule has 1 fully saturated rings. The van der Waals surface area contributed by atoms with E-state index in [9.17, 15) is 14.0 Å². The molecule has 0 heterocycles. The molecule has 0 atom stereocenters. The summed E-state index contributed by atoms with van der Waals surface area (Å²) in [7, 11) is 0. The Kier molecular flexibility index (Phi) is 4.71. The minimum atomic E-state index is -0.494. The highest BCUT2D eigenvalue weighted by Crippen LogP contribution is 2.43. The predicted molar refractivity (Wildman–Crippen MR) is 73.6 cm³/mol. The van der Waals surface area contributed by atoms with Crippen molar-refractivity contribution >= 4 is 12.3 Å². The van der Waals surface area contributed by atoms with Gasteiger partial charge in [0.15, 0.2) is 0 Å². The topological polar surface area (TPSA) is 58.2 Å². The van der Waals surface area contributed by atoms with E-state index in [2.05, 4.69) is 10.6 Å². The summed E-state index contributed by atoms with van der Waals surface area (Å²) in [6.45, 7) is 1.08. The number of hydrogen-bond acceptors (Lipinski definition) is 2. The van der Waals surface area contributed by atoms with Crippen molar-refractivity contribution in [1.82, 2.24) is 10.6 Å². The zero-order valence-corrected chi connectivity index (χ0v) is 11.3. The molecule has 1 saturated carbocycles. The van der Waals surface area contributed by atoms with E-state index in [4.69, 9.17) is 0 Å². The molecule has 0 bridgehead atoms. The van der Waals surface area contributed by atoms with Crippen LogP contribution in [0.4, 0.5) is 4.39 Å². The van der Waals surface area contributed by atoms with E-state index in [1.165, 1.54) is 12.1 Å². The van der Waals surface area contributed by atoms with E-state index in [-0.39, 0.29) is 11.7 Å². The molecule has 1 aliphatic carbocycles. The van der Waals surface area contributed by atoms with Gasteiger partial charge in [-0.3, -0.25) is 9.59 Å². The molecule has 20 heavy (non-hydrogen) atoms. The molecule has 4 nitrogen and oxygen atoms in total. The second-order valence-electron chi connectivity index (χ2n) is 5.12. The van der Waals surface area contributed by atoms with Gasteiger partial charge in [-0.1, -0.05) is 18.6 Å². The second kappa shape index (κ2) is 6.50. The molecule has 0 saturated heterocycles. The fourth-order valence-electron chi connectivity index (χ4n) is 2.57. The maximum absolute atomic E-state index is 13.0. The molecule has 0 unspecified atom stereocenters. The number of amides is 2. The first-order valence-electron chi connectivity index (χ1n) is 6.90. The van der Waals surface area contributed by atoms with Crippen LogP contribution in [0.1, 0.15) is 31.2 Å². The number of rotatable bonds is 7. The molecule has 1 aromatic rings. The van der Waals surface area contributed by atoms with E-state index in [1.807, 2.05) is 0 Å². The number of hydrogen-bond donors (Lipinski definition) is 2. The second-order valence-corrected chi connectivity index (χ2v) is 5.12. The fraction of sp³-hybridized carbons (Fsp3) is 0.467. The summed E-state index contributed by atoms with van der Waals surface area (Å²) in [5.41, 5.74) is 0.389. The van der Waals surface area contributed by atoms with Gasteiger partial charge in [-0.2, -0.15) is 0 Å². The van der Waals surface area contributed by atoms with Crippen molar-refractivity contribution in [2.45, 2.75) is 31.1 Å². The molecule has 1 aromatic carbocycles. The van der Waals surface area contributed by atoms with Gasteiger partial charge in [-0.05, 0) is 37.0 Å². The third kappa shape index (κ3) is 2.98. The van der Waals surface area contributed by atoms with Crippen molar-refractivity contribution in [2.75, 3.05) is 13.1 Å². The highest BCUT2D eigenvalue weighted by Gasteiger charge is 2.45. The normalized spacial score (nSPS) is 16.1. The fourth-order valence-corrected chi connectivity index (χ4v) is 2.57. The van der Waals surface area contributed by atoms with Crippen molar-refractivity contribution in [3.05, 3.63) is 35.6 Å². The van der Waals surface area contributed by atoms with Gasteiger partial charge >= 0.3 is 0 Å². The summed E-state index contributed by atoms with van der Waals surface area (Å²) in [5.74, 6) is -0.287. The summed E-state index contributed by atoms with van der Waals surface area (Å²) in [6, 6.07) is 6.19. The van der Waals surface area contributed by atoms with E-state index in [1.54, 1.807) is 12.1 Å². The van der Waals surface area contributed by atoms with E-state index in [0.29, 0.717) is 25.9 Å². The van der Waals surface area contributed by atoms with E-state index >= 15 is 0 Å². The molecule has 2 amide bonds. The molecule has 2 N–H and O–H groups in total. The molecule has 0 aliphatic heterocycles. The van der Waals surface area contributed by atoms with Crippen LogP contribution in [0.25, 0.3) is 0 Å². The Labute approximate surface area is 117 Å². The minimum absolute atomic E-state index is 0.00135. The molecule has 5 heteroatoms. The lowest BCUT2D eigenvalue weighted by Gasteiger charge is -2.40. The quantitative estimate of drug-likeness (QED) is 0.586. The lowest BCUT2D eigenvalue weighted by Crippen LogP contribution is -2.49. The average Bonchev–Trinajstić information content (AvgIpc) is 2.39. The van der Waals surface area contributed by atoms with Crippen LogP contribution in [-0.4, -0.2) is 25.4 Å². The van der Waals surface area contributed by atoms with Crippen LogP contribution >= 0.6 is 0 Å². The molecular weight excluding hydrogens is 259 g/mol. The Morgan fingerprint density at radius 2 is 1.95 bits per heavy atom. The third-order valence-electron chi connectivity index (χ3n) is 3.91. The number of carbonyl (C=O) groups excluding carboxylic acids is 2. The van der Waals surface area contributed by atoms with Gasteiger partial charge < -0.3 is 10.6 Å². The maximum Gasteiger partial charge on any atom is 0.230 e. The minimum Gasteiger partial charge on any atom is -0.359 e. The Hall–Kier alpha value is -1.91. The first-order valence-corrected chi connectivity index (χ1v) is 6.90. The van der Waals surface area contributed by atoms with Crippen molar-refractivity contribution in [3.8, 4) is 0 Å². The first kappa shape index (κ1) is 14.5. The zero-order valence-electron chi connectivity index (χ0n) is 11.3. The van der Waals surface area contributed by atoms with Crippen LogP contribution in [0, 0.1) is 5.82 Å². The smallest absolute Gasteiger partial charge is 0.230 e. The van der Waals surface area contributed by atoms with E-state index < -0.39 is 5.41 Å². The molecule has 0 spiro atoms. The van der Waals surface area contributed by atoms with Gasteiger partial charge in [-0.25, -0.2) is 4.39 Å². The van der Waals surface area contributed by atoms with Crippen LogP contribution < -0.4 is 10.6 Å². The lowest BCUT2D eigenvalue weighted by atomic mass is 9.64. The van der Waals surface area contributed by atoms with Crippen molar-refractivity contribution in [2.24, 2.45) is 0 Å². The standard InChI is InChI=1S/C15H19FN2O2/c16-13-5-3-12(4-6-13)15(7-1-8-15)14(20)18-10-2-9-17-11-19/h3-6,11H,1-2,7-10H2,(H,17,19)(H,18,20). The van der Waals surface area contributed by atoms with Crippen LogP contribution in [-0.2, 0) is 15.0 Å². The van der Waals surface area contributed by atoms with Crippen LogP contribution in [0.5, 0.6) is 0 Å². The Morgan fingerprint density at radius 3 is 2.50 bits per heavy atom. The Morgan fingerprint density at radius 1 is 1.25 bits per heavy atom. The summed E-state index contributed by atoms with van der Waals surface area (Å²) >= 11 is 0. The van der Waals surface area contributed by atoms with Gasteiger partial charge in [0.2, 0.25) is 12.3 Å². The maximum atomic E-state index is 13.0. The lowest BCUT2D eigenvalue weighted by molar-refractivity contribution is -0.129. The van der Waals surface area contributed by atoms with Gasteiger partial charge in [0, 0.05) is 13.1 Å². The van der Waals surface area contributed by atoms with Crippen LogP contribution in [0.3, 0.4) is 0 Å². The van der Waals surface area contributed by atoms with Crippen molar-refractivity contribution < 1.29 is 14.0 Å². The van der Waals surface area contributed by atoms with Crippen molar-refractivity contribution in [3.63, 3.8) is 0 Å². The van der Waals surface area contributed by atoms with Gasteiger partial charge in [0.1, 0.15) is 5.82 Å². The van der Waals surface area contributed by atoms with E-state index in [0.717, 1.165) is 24.8 Å². The zero-order chi connectivity index (χ0) is 14.4. The summed E-state index contributed by atoms with van der Waals surface area (Å²) in [6.07, 6.45) is 3.96. The molecule has 1 aliphatic rings. The third-order valence-corrected chi connectivity index (χ3v) is 3.91. The molecule has 2 rings (SSSR count). The van der Waals surface area contributed by atoms with Crippen LogP contribution in [0.2, 0.25) is 0 Å². The van der Waals surface area contributed by atoms with Gasteiger partial charge in [-0.15, -0.1) is 0 Å². The summed E-state index contributed by atoms with van der Waals surface area (Å²) < 4.78 is 13.0. The number of halogens is 1. The summed E-state index contributed by atoms with van der Waals surface area (Å²) in [4.78, 5) is 22.5. The Bertz CT molecular complexity index is 469. The molecular formula is C15H19FN2O2. The monoisotopic (exact) mass is 278 g/mol. The highest BCUT2D eigenvalue weighted by molar-refractivity contribution is 5.89. The number of nitrogens with one attached hydrogen (secondary N) is 2.